The van der Waals surface area contributed by atoms with Crippen molar-refractivity contribution in [3.8, 4) is 0 Å². The number of fused-ring (bicyclic) bond motifs is 1. The van der Waals surface area contributed by atoms with E-state index in [0.717, 1.165) is 11.3 Å². The summed E-state index contributed by atoms with van der Waals surface area (Å²) >= 11 is 1.04. The zero-order valence-corrected chi connectivity index (χ0v) is 10.9. The van der Waals surface area contributed by atoms with E-state index in [4.69, 9.17) is 5.11 Å². The molecular formula is C11H11N3O3S. The number of carboxylic acid groups (broad SMARTS) is 1. The molecule has 0 aliphatic heterocycles. The van der Waals surface area contributed by atoms with Crippen LogP contribution in [0.5, 0.6) is 0 Å². The molecule has 2 heterocycles. The van der Waals surface area contributed by atoms with Crippen LogP contribution in [-0.4, -0.2) is 27.0 Å². The Bertz CT molecular complexity index is 663. The first-order chi connectivity index (χ1) is 8.40. The Kier molecular flexibility index (Phi) is 3.00. The zero-order valence-electron chi connectivity index (χ0n) is 10.1. The first kappa shape index (κ1) is 12.4. The van der Waals surface area contributed by atoms with Crippen LogP contribution in [0.4, 0.5) is 5.69 Å². The van der Waals surface area contributed by atoms with Gasteiger partial charge in [-0.2, -0.15) is 0 Å². The van der Waals surface area contributed by atoms with Crippen LogP contribution < -0.4 is 5.32 Å². The van der Waals surface area contributed by atoms with E-state index in [1.165, 1.54) is 6.92 Å². The van der Waals surface area contributed by atoms with Gasteiger partial charge in [0.2, 0.25) is 5.91 Å². The molecule has 1 amide bonds. The number of aromatic nitrogens is 2. The van der Waals surface area contributed by atoms with Gasteiger partial charge in [0.05, 0.1) is 16.8 Å². The Labute approximate surface area is 107 Å². The van der Waals surface area contributed by atoms with E-state index in [-0.39, 0.29) is 16.5 Å². The van der Waals surface area contributed by atoms with Crippen LogP contribution in [0.1, 0.15) is 28.1 Å². The van der Waals surface area contributed by atoms with Gasteiger partial charge in [0.1, 0.15) is 15.5 Å². The fourth-order valence-electron chi connectivity index (χ4n) is 1.75. The molecule has 0 unspecified atom stereocenters. The minimum absolute atomic E-state index is 0.0724. The molecule has 0 radical (unpaired) electrons. The molecule has 2 N–H and O–H groups in total. The summed E-state index contributed by atoms with van der Waals surface area (Å²) in [6.07, 6.45) is 0. The number of hydrogen-bond donors (Lipinski definition) is 2. The van der Waals surface area contributed by atoms with Gasteiger partial charge in [0.25, 0.3) is 0 Å². The van der Waals surface area contributed by atoms with Crippen molar-refractivity contribution < 1.29 is 14.7 Å². The van der Waals surface area contributed by atoms with E-state index in [1.54, 1.807) is 13.8 Å². The molecule has 2 rings (SSSR count). The molecular weight excluding hydrogens is 254 g/mol. The molecule has 0 spiro atoms. The second kappa shape index (κ2) is 4.34. The van der Waals surface area contributed by atoms with Gasteiger partial charge < -0.3 is 10.4 Å². The number of thiophene rings is 1. The largest absolute Gasteiger partial charge is 0.477 e. The summed E-state index contributed by atoms with van der Waals surface area (Å²) in [7, 11) is 0. The third kappa shape index (κ3) is 2.04. The van der Waals surface area contributed by atoms with Gasteiger partial charge >= 0.3 is 5.97 Å². The predicted molar refractivity (Wildman–Crippen MR) is 68.2 cm³/mol. The van der Waals surface area contributed by atoms with Gasteiger partial charge in [0, 0.05) is 6.92 Å². The number of rotatable bonds is 2. The Hall–Kier alpha value is -2.02. The summed E-state index contributed by atoms with van der Waals surface area (Å²) < 4.78 is 0. The highest BCUT2D eigenvalue weighted by molar-refractivity contribution is 7.21. The number of anilines is 1. The van der Waals surface area contributed by atoms with Gasteiger partial charge in [-0.05, 0) is 13.8 Å². The number of amides is 1. The highest BCUT2D eigenvalue weighted by atomic mass is 32.1. The van der Waals surface area contributed by atoms with E-state index >= 15 is 0 Å². The maximum atomic E-state index is 11.2. The number of nitrogens with zero attached hydrogens (tertiary/aromatic N) is 2. The molecule has 2 aromatic heterocycles. The van der Waals surface area contributed by atoms with Crippen molar-refractivity contribution in [1.82, 2.24) is 9.97 Å². The fraction of sp³-hybridized carbons (Fsp3) is 0.273. The molecule has 0 saturated carbocycles. The summed E-state index contributed by atoms with van der Waals surface area (Å²) in [5, 5.41) is 12.3. The van der Waals surface area contributed by atoms with Crippen molar-refractivity contribution >= 4 is 39.1 Å². The molecule has 0 fully saturated rings. The normalized spacial score (nSPS) is 10.6. The lowest BCUT2D eigenvalue weighted by atomic mass is 10.2. The molecule has 0 aliphatic rings. The van der Waals surface area contributed by atoms with Gasteiger partial charge in [-0.25, -0.2) is 14.8 Å². The smallest absolute Gasteiger partial charge is 0.348 e. The third-order valence-corrected chi connectivity index (χ3v) is 3.41. The molecule has 0 atom stereocenters. The topological polar surface area (TPSA) is 92.2 Å². The first-order valence-electron chi connectivity index (χ1n) is 5.18. The number of carbonyl (C=O) groups excluding carboxylic acids is 1. The Morgan fingerprint density at radius 1 is 1.28 bits per heavy atom. The van der Waals surface area contributed by atoms with Crippen molar-refractivity contribution in [2.24, 2.45) is 0 Å². The summed E-state index contributed by atoms with van der Waals surface area (Å²) in [5.74, 6) is -0.830. The minimum atomic E-state index is -1.08. The number of hydrogen-bond acceptors (Lipinski definition) is 5. The highest BCUT2D eigenvalue weighted by Crippen LogP contribution is 2.36. The molecule has 2 aromatic rings. The van der Waals surface area contributed by atoms with Gasteiger partial charge in [-0.1, -0.05) is 0 Å². The quantitative estimate of drug-likeness (QED) is 0.866. The number of carboxylic acids is 1. The summed E-state index contributed by atoms with van der Waals surface area (Å²) in [4.78, 5) is 31.4. The number of aryl methyl sites for hydroxylation is 2. The molecule has 0 bridgehead atoms. The fourth-order valence-corrected chi connectivity index (χ4v) is 2.82. The average molecular weight is 265 g/mol. The van der Waals surface area contributed by atoms with Gasteiger partial charge in [0.15, 0.2) is 0 Å². The Morgan fingerprint density at radius 2 is 1.94 bits per heavy atom. The monoisotopic (exact) mass is 265 g/mol. The highest BCUT2D eigenvalue weighted by Gasteiger charge is 2.21. The van der Waals surface area contributed by atoms with E-state index in [1.807, 2.05) is 0 Å². The molecule has 7 heteroatoms. The second-order valence-corrected chi connectivity index (χ2v) is 4.83. The maximum absolute atomic E-state index is 11.2. The predicted octanol–water partition coefficient (Wildman–Crippen LogP) is 1.96. The summed E-state index contributed by atoms with van der Waals surface area (Å²) in [6.45, 7) is 4.84. The van der Waals surface area contributed by atoms with Gasteiger partial charge in [-0.15, -0.1) is 11.3 Å². The van der Waals surface area contributed by atoms with Crippen LogP contribution in [0.15, 0.2) is 0 Å². The number of carbonyl (C=O) groups is 2. The lowest BCUT2D eigenvalue weighted by Crippen LogP contribution is -2.09. The average Bonchev–Trinajstić information content (AvgIpc) is 2.55. The standard InChI is InChI=1S/C11H11N3O3S/c1-4-7-8(14-6(3)15)9(11(16)17)18-10(7)13-5(2)12-4/h1-3H3,(H,14,15)(H,16,17). The van der Waals surface area contributed by atoms with E-state index in [9.17, 15) is 9.59 Å². The van der Waals surface area contributed by atoms with Crippen molar-refractivity contribution in [3.63, 3.8) is 0 Å². The summed E-state index contributed by atoms with van der Waals surface area (Å²) in [5.41, 5.74) is 0.942. The van der Waals surface area contributed by atoms with Crippen LogP contribution in [0.3, 0.4) is 0 Å². The van der Waals surface area contributed by atoms with Crippen LogP contribution >= 0.6 is 11.3 Å². The first-order valence-corrected chi connectivity index (χ1v) is 6.00. The van der Waals surface area contributed by atoms with E-state index in [0.29, 0.717) is 21.7 Å². The molecule has 6 nitrogen and oxygen atoms in total. The van der Waals surface area contributed by atoms with Gasteiger partial charge in [-0.3, -0.25) is 4.79 Å². The lowest BCUT2D eigenvalue weighted by molar-refractivity contribution is -0.114. The molecule has 94 valence electrons. The summed E-state index contributed by atoms with van der Waals surface area (Å²) in [6, 6.07) is 0. The van der Waals surface area contributed by atoms with Crippen molar-refractivity contribution in [2.45, 2.75) is 20.8 Å². The van der Waals surface area contributed by atoms with Crippen LogP contribution in [0.25, 0.3) is 10.2 Å². The maximum Gasteiger partial charge on any atom is 0.348 e. The van der Waals surface area contributed by atoms with E-state index in [2.05, 4.69) is 15.3 Å². The third-order valence-electron chi connectivity index (χ3n) is 2.34. The minimum Gasteiger partial charge on any atom is -0.477 e. The molecule has 18 heavy (non-hydrogen) atoms. The number of nitrogens with one attached hydrogen (secondary N) is 1. The Morgan fingerprint density at radius 3 is 2.50 bits per heavy atom. The van der Waals surface area contributed by atoms with E-state index < -0.39 is 5.97 Å². The number of aromatic carboxylic acids is 1. The van der Waals surface area contributed by atoms with Crippen molar-refractivity contribution in [3.05, 3.63) is 16.4 Å². The van der Waals surface area contributed by atoms with Crippen LogP contribution in [-0.2, 0) is 4.79 Å². The van der Waals surface area contributed by atoms with Crippen LogP contribution in [0.2, 0.25) is 0 Å². The SMILES string of the molecule is CC(=O)Nc1c(C(=O)O)sc2nc(C)nc(C)c12. The lowest BCUT2D eigenvalue weighted by Gasteiger charge is -2.04. The molecule has 0 aliphatic carbocycles. The molecule has 0 saturated heterocycles. The van der Waals surface area contributed by atoms with Crippen molar-refractivity contribution in [1.29, 1.82) is 0 Å². The second-order valence-electron chi connectivity index (χ2n) is 3.83. The zero-order chi connectivity index (χ0) is 13.4. The molecule has 0 aromatic carbocycles. The van der Waals surface area contributed by atoms with Crippen LogP contribution in [0, 0.1) is 13.8 Å². The van der Waals surface area contributed by atoms with Crippen molar-refractivity contribution in [2.75, 3.05) is 5.32 Å². The Balaban J connectivity index is 2.80.